The highest BCUT2D eigenvalue weighted by Crippen LogP contribution is 2.21. The molecule has 0 radical (unpaired) electrons. The molecule has 0 bridgehead atoms. The van der Waals surface area contributed by atoms with Gasteiger partial charge in [-0.3, -0.25) is 4.79 Å². The van der Waals surface area contributed by atoms with Gasteiger partial charge >= 0.3 is 0 Å². The number of hydrogen-bond acceptors (Lipinski definition) is 3. The minimum absolute atomic E-state index is 0.170. The van der Waals surface area contributed by atoms with Crippen molar-refractivity contribution in [1.82, 2.24) is 5.32 Å². The third-order valence-electron chi connectivity index (χ3n) is 3.84. The third-order valence-corrected chi connectivity index (χ3v) is 4.25. The first kappa shape index (κ1) is 19.1. The van der Waals surface area contributed by atoms with E-state index in [2.05, 4.69) is 12.2 Å². The summed E-state index contributed by atoms with van der Waals surface area (Å²) in [6, 6.07) is 13.3. The van der Waals surface area contributed by atoms with E-state index in [1.54, 1.807) is 13.0 Å². The van der Waals surface area contributed by atoms with Crippen LogP contribution in [-0.4, -0.2) is 25.2 Å². The highest BCUT2D eigenvalue weighted by atomic mass is 35.5. The molecule has 0 aromatic heterocycles. The molecule has 1 amide bonds. The quantitative estimate of drug-likeness (QED) is 0.718. The summed E-state index contributed by atoms with van der Waals surface area (Å²) < 4.78 is 11.4. The van der Waals surface area contributed by atoms with Crippen molar-refractivity contribution in [2.75, 3.05) is 13.2 Å². The van der Waals surface area contributed by atoms with E-state index >= 15 is 0 Å². The van der Waals surface area contributed by atoms with Crippen LogP contribution in [0.2, 0.25) is 5.02 Å². The van der Waals surface area contributed by atoms with Gasteiger partial charge in [-0.05, 0) is 49.6 Å². The molecule has 0 aliphatic carbocycles. The van der Waals surface area contributed by atoms with E-state index in [0.29, 0.717) is 23.9 Å². The number of aryl methyl sites for hydroxylation is 2. The van der Waals surface area contributed by atoms with E-state index in [4.69, 9.17) is 21.1 Å². The van der Waals surface area contributed by atoms with Crippen LogP contribution in [0.4, 0.5) is 0 Å². The van der Waals surface area contributed by atoms with Gasteiger partial charge in [0.1, 0.15) is 18.1 Å². The van der Waals surface area contributed by atoms with Crippen LogP contribution in [0.5, 0.6) is 11.5 Å². The predicted molar refractivity (Wildman–Crippen MR) is 101 cm³/mol. The van der Waals surface area contributed by atoms with Gasteiger partial charge in [0.05, 0.1) is 6.54 Å². The molecule has 0 fully saturated rings. The lowest BCUT2D eigenvalue weighted by Crippen LogP contribution is -2.38. The van der Waals surface area contributed by atoms with Gasteiger partial charge in [0, 0.05) is 5.02 Å². The molecule has 2 aromatic rings. The van der Waals surface area contributed by atoms with Crippen LogP contribution < -0.4 is 14.8 Å². The van der Waals surface area contributed by atoms with Crippen molar-refractivity contribution in [1.29, 1.82) is 0 Å². The first-order chi connectivity index (χ1) is 12.0. The van der Waals surface area contributed by atoms with Crippen LogP contribution in [0.1, 0.15) is 25.0 Å². The molecule has 0 unspecified atom stereocenters. The SMILES string of the molecule is CCc1ccccc1O[C@H](C)C(=O)NCCOc1ccc(C)c(Cl)c1. The summed E-state index contributed by atoms with van der Waals surface area (Å²) in [6.45, 7) is 6.49. The van der Waals surface area contributed by atoms with Gasteiger partial charge < -0.3 is 14.8 Å². The van der Waals surface area contributed by atoms with E-state index in [0.717, 1.165) is 23.3 Å². The topological polar surface area (TPSA) is 47.6 Å². The Kier molecular flexibility index (Phi) is 7.14. The lowest BCUT2D eigenvalue weighted by atomic mass is 10.1. The third kappa shape index (κ3) is 5.68. The van der Waals surface area contributed by atoms with Crippen molar-refractivity contribution >= 4 is 17.5 Å². The molecule has 2 aromatic carbocycles. The molecule has 25 heavy (non-hydrogen) atoms. The van der Waals surface area contributed by atoms with Crippen LogP contribution >= 0.6 is 11.6 Å². The predicted octanol–water partition coefficient (Wildman–Crippen LogP) is 4.17. The zero-order valence-electron chi connectivity index (χ0n) is 14.8. The molecule has 0 spiro atoms. The highest BCUT2D eigenvalue weighted by Gasteiger charge is 2.15. The second kappa shape index (κ2) is 9.33. The summed E-state index contributed by atoms with van der Waals surface area (Å²) in [4.78, 5) is 12.1. The Labute approximate surface area is 154 Å². The van der Waals surface area contributed by atoms with Gasteiger partial charge in [-0.1, -0.05) is 42.8 Å². The van der Waals surface area contributed by atoms with Crippen LogP contribution in [-0.2, 0) is 11.2 Å². The Hall–Kier alpha value is -2.20. The molecule has 1 atom stereocenters. The van der Waals surface area contributed by atoms with E-state index in [1.165, 1.54) is 0 Å². The summed E-state index contributed by atoms with van der Waals surface area (Å²) in [6.07, 6.45) is 0.291. The molecule has 1 N–H and O–H groups in total. The van der Waals surface area contributed by atoms with E-state index in [1.807, 2.05) is 43.3 Å². The zero-order valence-corrected chi connectivity index (χ0v) is 15.6. The minimum Gasteiger partial charge on any atom is -0.492 e. The minimum atomic E-state index is -0.568. The Balaban J connectivity index is 1.76. The smallest absolute Gasteiger partial charge is 0.260 e. The molecule has 5 heteroatoms. The number of ether oxygens (including phenoxy) is 2. The Morgan fingerprint density at radius 3 is 2.72 bits per heavy atom. The maximum Gasteiger partial charge on any atom is 0.260 e. The molecule has 134 valence electrons. The molecular formula is C20H24ClNO3. The fourth-order valence-corrected chi connectivity index (χ4v) is 2.48. The molecule has 4 nitrogen and oxygen atoms in total. The van der Waals surface area contributed by atoms with Crippen LogP contribution in [0.25, 0.3) is 0 Å². The van der Waals surface area contributed by atoms with Gasteiger partial charge in [0.25, 0.3) is 5.91 Å². The van der Waals surface area contributed by atoms with Crippen molar-refractivity contribution in [2.45, 2.75) is 33.3 Å². The Bertz CT molecular complexity index is 718. The molecule has 0 saturated carbocycles. The van der Waals surface area contributed by atoms with E-state index in [9.17, 15) is 4.79 Å². The summed E-state index contributed by atoms with van der Waals surface area (Å²) in [7, 11) is 0. The van der Waals surface area contributed by atoms with Crippen molar-refractivity contribution in [3.8, 4) is 11.5 Å². The fraction of sp³-hybridized carbons (Fsp3) is 0.350. The van der Waals surface area contributed by atoms with Crippen molar-refractivity contribution in [3.63, 3.8) is 0 Å². The monoisotopic (exact) mass is 361 g/mol. The van der Waals surface area contributed by atoms with Crippen molar-refractivity contribution < 1.29 is 14.3 Å². The Morgan fingerprint density at radius 1 is 1.24 bits per heavy atom. The second-order valence-electron chi connectivity index (χ2n) is 5.77. The first-order valence-corrected chi connectivity index (χ1v) is 8.80. The highest BCUT2D eigenvalue weighted by molar-refractivity contribution is 6.31. The maximum absolute atomic E-state index is 12.1. The zero-order chi connectivity index (χ0) is 18.2. The maximum atomic E-state index is 12.1. The van der Waals surface area contributed by atoms with Gasteiger partial charge in [-0.2, -0.15) is 0 Å². The summed E-state index contributed by atoms with van der Waals surface area (Å²) in [5.74, 6) is 1.26. The number of carbonyl (C=O) groups is 1. The molecule has 0 aliphatic heterocycles. The van der Waals surface area contributed by atoms with Crippen LogP contribution in [0.15, 0.2) is 42.5 Å². The molecule has 0 aliphatic rings. The first-order valence-electron chi connectivity index (χ1n) is 8.42. The molecular weight excluding hydrogens is 338 g/mol. The number of hydrogen-bond donors (Lipinski definition) is 1. The Morgan fingerprint density at radius 2 is 2.00 bits per heavy atom. The van der Waals surface area contributed by atoms with Gasteiger partial charge in [-0.15, -0.1) is 0 Å². The summed E-state index contributed by atoms with van der Waals surface area (Å²) >= 11 is 6.05. The van der Waals surface area contributed by atoms with Crippen molar-refractivity contribution in [3.05, 3.63) is 58.6 Å². The largest absolute Gasteiger partial charge is 0.492 e. The van der Waals surface area contributed by atoms with E-state index in [-0.39, 0.29) is 5.91 Å². The fourth-order valence-electron chi connectivity index (χ4n) is 2.31. The average Bonchev–Trinajstić information content (AvgIpc) is 2.61. The number of carbonyl (C=O) groups excluding carboxylic acids is 1. The van der Waals surface area contributed by atoms with Crippen LogP contribution in [0, 0.1) is 6.92 Å². The van der Waals surface area contributed by atoms with Gasteiger partial charge in [-0.25, -0.2) is 0 Å². The number of para-hydroxylation sites is 1. The molecule has 0 heterocycles. The number of benzene rings is 2. The van der Waals surface area contributed by atoms with Crippen LogP contribution in [0.3, 0.4) is 0 Å². The van der Waals surface area contributed by atoms with Gasteiger partial charge in [0.2, 0.25) is 0 Å². The number of nitrogens with one attached hydrogen (secondary N) is 1. The standard InChI is InChI=1S/C20H24ClNO3/c1-4-16-7-5-6-8-19(16)25-15(3)20(23)22-11-12-24-17-10-9-14(2)18(21)13-17/h5-10,13,15H,4,11-12H2,1-3H3,(H,22,23)/t15-/m1/s1. The van der Waals surface area contributed by atoms with E-state index < -0.39 is 6.10 Å². The lowest BCUT2D eigenvalue weighted by molar-refractivity contribution is -0.127. The average molecular weight is 362 g/mol. The molecule has 2 rings (SSSR count). The summed E-state index contributed by atoms with van der Waals surface area (Å²) in [5.41, 5.74) is 2.09. The lowest BCUT2D eigenvalue weighted by Gasteiger charge is -2.17. The second-order valence-corrected chi connectivity index (χ2v) is 6.18. The normalized spacial score (nSPS) is 11.7. The molecule has 0 saturated heterocycles. The van der Waals surface area contributed by atoms with Crippen molar-refractivity contribution in [2.24, 2.45) is 0 Å². The van der Waals surface area contributed by atoms with Gasteiger partial charge in [0.15, 0.2) is 6.10 Å². The number of halogens is 1. The number of rotatable bonds is 8. The number of amides is 1. The summed E-state index contributed by atoms with van der Waals surface area (Å²) in [5, 5.41) is 3.48.